The Labute approximate surface area is 112 Å². The summed E-state index contributed by atoms with van der Waals surface area (Å²) in [6, 6.07) is 0. The van der Waals surface area contributed by atoms with E-state index in [0.717, 1.165) is 0 Å². The molecule has 1 unspecified atom stereocenters. The molecule has 0 saturated heterocycles. The number of nitrogens with two attached hydrogens (primary N) is 1. The van der Waals surface area contributed by atoms with Crippen LogP contribution in [0.2, 0.25) is 0 Å². The van der Waals surface area contributed by atoms with E-state index in [1.807, 2.05) is 13.8 Å². The van der Waals surface area contributed by atoms with Crippen LogP contribution in [0.5, 0.6) is 0 Å². The SMILES string of the molecule is CCN(CC)C(=O)C(C)OC(=O)Cn1cc(N)cn1. The Morgan fingerprint density at radius 2 is 2.11 bits per heavy atom. The monoisotopic (exact) mass is 268 g/mol. The van der Waals surface area contributed by atoms with Crippen LogP contribution in [0, 0.1) is 0 Å². The summed E-state index contributed by atoms with van der Waals surface area (Å²) < 4.78 is 6.45. The van der Waals surface area contributed by atoms with E-state index < -0.39 is 12.1 Å². The van der Waals surface area contributed by atoms with E-state index in [1.165, 1.54) is 17.1 Å². The molecule has 1 rings (SSSR count). The fraction of sp³-hybridized carbons (Fsp3) is 0.583. The molecule has 106 valence electrons. The fourth-order valence-electron chi connectivity index (χ4n) is 1.68. The van der Waals surface area contributed by atoms with Crippen LogP contribution in [-0.2, 0) is 20.9 Å². The lowest BCUT2D eigenvalue weighted by atomic mass is 10.3. The van der Waals surface area contributed by atoms with E-state index >= 15 is 0 Å². The maximum absolute atomic E-state index is 11.9. The van der Waals surface area contributed by atoms with Crippen LogP contribution < -0.4 is 5.73 Å². The van der Waals surface area contributed by atoms with E-state index in [-0.39, 0.29) is 12.5 Å². The fourth-order valence-corrected chi connectivity index (χ4v) is 1.68. The Hall–Kier alpha value is -2.05. The number of likely N-dealkylation sites (N-methyl/N-ethyl adjacent to an activating group) is 1. The maximum atomic E-state index is 11.9. The molecule has 1 amide bonds. The zero-order chi connectivity index (χ0) is 14.4. The molecule has 0 radical (unpaired) electrons. The smallest absolute Gasteiger partial charge is 0.328 e. The molecule has 0 aliphatic carbocycles. The third kappa shape index (κ3) is 4.27. The van der Waals surface area contributed by atoms with Crippen molar-refractivity contribution in [3.05, 3.63) is 12.4 Å². The molecule has 19 heavy (non-hydrogen) atoms. The van der Waals surface area contributed by atoms with Gasteiger partial charge in [-0.15, -0.1) is 0 Å². The third-order valence-electron chi connectivity index (χ3n) is 2.68. The van der Waals surface area contributed by atoms with Gasteiger partial charge in [0, 0.05) is 19.3 Å². The molecule has 0 aliphatic rings. The number of nitrogens with zero attached hydrogens (tertiary/aromatic N) is 3. The first-order valence-corrected chi connectivity index (χ1v) is 6.24. The molecule has 2 N–H and O–H groups in total. The highest BCUT2D eigenvalue weighted by Gasteiger charge is 2.22. The van der Waals surface area contributed by atoms with Crippen LogP contribution in [0.1, 0.15) is 20.8 Å². The molecule has 1 aromatic heterocycles. The van der Waals surface area contributed by atoms with E-state index in [0.29, 0.717) is 18.8 Å². The molecule has 0 bridgehead atoms. The topological polar surface area (TPSA) is 90.5 Å². The Balaban J connectivity index is 2.49. The number of carbonyl (C=O) groups is 2. The number of aromatic nitrogens is 2. The summed E-state index contributed by atoms with van der Waals surface area (Å²) in [5.74, 6) is -0.713. The van der Waals surface area contributed by atoms with Crippen LogP contribution in [0.4, 0.5) is 5.69 Å². The Bertz CT molecular complexity index is 440. The second kappa shape index (κ2) is 6.77. The number of nitrogen functional groups attached to an aromatic ring is 1. The van der Waals surface area contributed by atoms with E-state index in [1.54, 1.807) is 11.8 Å². The van der Waals surface area contributed by atoms with Crippen molar-refractivity contribution in [2.24, 2.45) is 0 Å². The average molecular weight is 268 g/mol. The minimum atomic E-state index is -0.791. The van der Waals surface area contributed by atoms with Crippen molar-refractivity contribution in [2.45, 2.75) is 33.4 Å². The van der Waals surface area contributed by atoms with Crippen molar-refractivity contribution in [1.82, 2.24) is 14.7 Å². The summed E-state index contributed by atoms with van der Waals surface area (Å²) in [7, 11) is 0. The first-order valence-electron chi connectivity index (χ1n) is 6.24. The van der Waals surface area contributed by atoms with Gasteiger partial charge in [0.15, 0.2) is 6.10 Å². The third-order valence-corrected chi connectivity index (χ3v) is 2.68. The largest absolute Gasteiger partial charge is 0.451 e. The molecule has 7 heteroatoms. The quantitative estimate of drug-likeness (QED) is 0.748. The van der Waals surface area contributed by atoms with Crippen LogP contribution in [0.15, 0.2) is 12.4 Å². The first-order chi connectivity index (χ1) is 8.97. The number of hydrogen-bond donors (Lipinski definition) is 1. The number of hydrogen-bond acceptors (Lipinski definition) is 5. The van der Waals surface area contributed by atoms with Crippen LogP contribution in [0.3, 0.4) is 0 Å². The van der Waals surface area contributed by atoms with Crippen molar-refractivity contribution in [3.63, 3.8) is 0 Å². The minimum absolute atomic E-state index is 0.0624. The highest BCUT2D eigenvalue weighted by atomic mass is 16.5. The molecule has 0 saturated carbocycles. The maximum Gasteiger partial charge on any atom is 0.328 e. The predicted octanol–water partition coefficient (Wildman–Crippen LogP) is 0.265. The highest BCUT2D eigenvalue weighted by Crippen LogP contribution is 2.02. The summed E-state index contributed by atoms with van der Waals surface area (Å²) in [6.45, 7) is 6.44. The van der Waals surface area contributed by atoms with Gasteiger partial charge in [0.05, 0.1) is 11.9 Å². The molecule has 0 aliphatic heterocycles. The van der Waals surface area contributed by atoms with E-state index in [2.05, 4.69) is 5.10 Å². The number of esters is 1. The first kappa shape index (κ1) is 15.0. The summed E-state index contributed by atoms with van der Waals surface area (Å²) in [4.78, 5) is 25.2. The second-order valence-corrected chi connectivity index (χ2v) is 4.11. The minimum Gasteiger partial charge on any atom is -0.451 e. The van der Waals surface area contributed by atoms with Crippen LogP contribution in [-0.4, -0.2) is 45.8 Å². The average Bonchev–Trinajstić information content (AvgIpc) is 2.75. The lowest BCUT2D eigenvalue weighted by Gasteiger charge is -2.22. The molecule has 1 heterocycles. The lowest BCUT2D eigenvalue weighted by Crippen LogP contribution is -2.40. The van der Waals surface area contributed by atoms with Gasteiger partial charge in [0.25, 0.3) is 5.91 Å². The van der Waals surface area contributed by atoms with E-state index in [9.17, 15) is 9.59 Å². The zero-order valence-corrected chi connectivity index (χ0v) is 11.5. The van der Waals surface area contributed by atoms with Gasteiger partial charge in [-0.3, -0.25) is 14.3 Å². The Morgan fingerprint density at radius 1 is 1.47 bits per heavy atom. The van der Waals surface area contributed by atoms with Gasteiger partial charge in [-0.1, -0.05) is 0 Å². The van der Waals surface area contributed by atoms with Gasteiger partial charge >= 0.3 is 5.97 Å². The standard InChI is InChI=1S/C12H20N4O3/c1-4-15(5-2)12(18)9(3)19-11(17)8-16-7-10(13)6-14-16/h6-7,9H,4-5,8,13H2,1-3H3. The van der Waals surface area contributed by atoms with Crippen LogP contribution in [0.25, 0.3) is 0 Å². The van der Waals surface area contributed by atoms with Crippen molar-refractivity contribution < 1.29 is 14.3 Å². The number of ether oxygens (including phenoxy) is 1. The van der Waals surface area contributed by atoms with Crippen molar-refractivity contribution >= 4 is 17.6 Å². The molecular formula is C12H20N4O3. The van der Waals surface area contributed by atoms with E-state index in [4.69, 9.17) is 10.5 Å². The lowest BCUT2D eigenvalue weighted by molar-refractivity contribution is -0.159. The van der Waals surface area contributed by atoms with Crippen molar-refractivity contribution in [2.75, 3.05) is 18.8 Å². The highest BCUT2D eigenvalue weighted by molar-refractivity contribution is 5.83. The van der Waals surface area contributed by atoms with Gasteiger partial charge < -0.3 is 15.4 Å². The van der Waals surface area contributed by atoms with Gasteiger partial charge in [-0.25, -0.2) is 0 Å². The molecule has 0 spiro atoms. The predicted molar refractivity (Wildman–Crippen MR) is 70.1 cm³/mol. The molecule has 7 nitrogen and oxygen atoms in total. The van der Waals surface area contributed by atoms with Crippen LogP contribution >= 0.6 is 0 Å². The molecule has 1 atom stereocenters. The Morgan fingerprint density at radius 3 is 2.58 bits per heavy atom. The summed E-state index contributed by atoms with van der Waals surface area (Å²) in [5.41, 5.74) is 5.96. The number of amides is 1. The zero-order valence-electron chi connectivity index (χ0n) is 11.5. The Kier molecular flexibility index (Phi) is 5.35. The normalized spacial score (nSPS) is 11.9. The second-order valence-electron chi connectivity index (χ2n) is 4.11. The number of carbonyl (C=O) groups excluding carboxylic acids is 2. The van der Waals surface area contributed by atoms with Gasteiger partial charge in [0.2, 0.25) is 0 Å². The molecule has 0 fully saturated rings. The van der Waals surface area contributed by atoms with Gasteiger partial charge in [-0.05, 0) is 20.8 Å². The summed E-state index contributed by atoms with van der Waals surface area (Å²) in [6.07, 6.45) is 2.18. The van der Waals surface area contributed by atoms with Gasteiger partial charge in [-0.2, -0.15) is 5.10 Å². The summed E-state index contributed by atoms with van der Waals surface area (Å²) in [5, 5.41) is 3.87. The molecular weight excluding hydrogens is 248 g/mol. The number of rotatable bonds is 6. The summed E-state index contributed by atoms with van der Waals surface area (Å²) >= 11 is 0. The van der Waals surface area contributed by atoms with Gasteiger partial charge in [0.1, 0.15) is 6.54 Å². The van der Waals surface area contributed by atoms with Crippen molar-refractivity contribution in [1.29, 1.82) is 0 Å². The molecule has 0 aromatic carbocycles. The number of anilines is 1. The molecule has 1 aromatic rings. The van der Waals surface area contributed by atoms with Crippen molar-refractivity contribution in [3.8, 4) is 0 Å².